The molecule has 1 aliphatic heterocycles. The van der Waals surface area contributed by atoms with E-state index in [-0.39, 0.29) is 51.9 Å². The number of halogens is 1. The highest BCUT2D eigenvalue weighted by atomic mass is 35.5. The molecule has 2 rings (SSSR count). The molecule has 0 aromatic heterocycles. The molecular formula is C30H45ClN8O10. The first-order valence-corrected chi connectivity index (χ1v) is 16.1. The lowest BCUT2D eigenvalue weighted by atomic mass is 10.1. The lowest BCUT2D eigenvalue weighted by molar-refractivity contribution is -0.525. The Labute approximate surface area is 288 Å². The predicted octanol–water partition coefficient (Wildman–Crippen LogP) is 2.07. The molecule has 0 saturated carbocycles. The molecule has 0 unspecified atom stereocenters. The van der Waals surface area contributed by atoms with E-state index in [2.05, 4.69) is 20.9 Å². The van der Waals surface area contributed by atoms with Gasteiger partial charge in [-0.25, -0.2) is 29.5 Å². The number of ether oxygens (including phenoxy) is 2. The quantitative estimate of drug-likeness (QED) is 0.0446. The number of carbonyl (C=O) groups is 5. The third-order valence-corrected chi connectivity index (χ3v) is 7.46. The Morgan fingerprint density at radius 3 is 2.45 bits per heavy atom. The van der Waals surface area contributed by atoms with Crippen LogP contribution in [0.3, 0.4) is 0 Å². The number of aliphatic carboxylic acids is 1. The van der Waals surface area contributed by atoms with Crippen LogP contribution in [0.2, 0.25) is 5.02 Å². The molecule has 1 aromatic carbocycles. The Morgan fingerprint density at radius 1 is 1.10 bits per heavy atom. The second-order valence-corrected chi connectivity index (χ2v) is 12.6. The Morgan fingerprint density at radius 2 is 1.80 bits per heavy atom. The first kappa shape index (κ1) is 40.3. The van der Waals surface area contributed by atoms with E-state index >= 15 is 0 Å². The van der Waals surface area contributed by atoms with Crippen LogP contribution in [0.15, 0.2) is 29.3 Å². The van der Waals surface area contributed by atoms with Crippen LogP contribution in [0.25, 0.3) is 0 Å². The summed E-state index contributed by atoms with van der Waals surface area (Å²) >= 11 is 6.08. The van der Waals surface area contributed by atoms with Gasteiger partial charge in [-0.05, 0) is 71.8 Å². The molecule has 18 nitrogen and oxygen atoms in total. The minimum atomic E-state index is -1.32. The number of alkyl carbamates (subject to hydrolysis) is 2. The topological polar surface area (TPSA) is 257 Å². The number of nitrogens with one attached hydrogen (secondary N) is 4. The number of guanidine groups is 1. The molecular weight excluding hydrogens is 668 g/mol. The summed E-state index contributed by atoms with van der Waals surface area (Å²) in [4.78, 5) is 79.0. The number of hydrazine groups is 1. The van der Waals surface area contributed by atoms with E-state index in [0.29, 0.717) is 29.8 Å². The number of nitrogens with two attached hydrogens (primary N) is 1. The standard InChI is InChI=1S/C30H45ClN8O10/c1-30(2,3)49-29(45)36-21(12-6-7-15-34-28(44)48-18-19-10-4-5-11-20(19)31)25(41)38-17-9-14-23(38)24(40)35-22(26(42)43)13-8-16-33-27(32)37-39(46)47/h4-5,10-11,21-23H,6-9,12-18H2,1-3H3,(H,34,44)(H,35,40)(H,36,45)(H,42,43)(H3,32,33,37)/t21-,22-,23-/m0/s1. The van der Waals surface area contributed by atoms with Gasteiger partial charge in [0.2, 0.25) is 11.8 Å². The Balaban J connectivity index is 1.98. The second kappa shape index (κ2) is 19.8. The summed E-state index contributed by atoms with van der Waals surface area (Å²) in [5.41, 5.74) is 6.83. The largest absolute Gasteiger partial charge is 0.480 e. The second-order valence-electron chi connectivity index (χ2n) is 12.2. The van der Waals surface area contributed by atoms with Crippen molar-refractivity contribution < 1.29 is 43.6 Å². The fourth-order valence-corrected chi connectivity index (χ4v) is 5.02. The van der Waals surface area contributed by atoms with Gasteiger partial charge in [-0.15, -0.1) is 0 Å². The highest BCUT2D eigenvalue weighted by Gasteiger charge is 2.39. The maximum absolute atomic E-state index is 13.7. The number of carbonyl (C=O) groups excluding carboxylic acids is 4. The average molecular weight is 713 g/mol. The van der Waals surface area contributed by atoms with Crippen LogP contribution in [-0.2, 0) is 30.5 Å². The molecule has 0 spiro atoms. The maximum atomic E-state index is 13.7. The molecule has 4 amide bonds. The molecule has 1 heterocycles. The number of nitro groups is 1. The highest BCUT2D eigenvalue weighted by Crippen LogP contribution is 2.21. The van der Waals surface area contributed by atoms with Gasteiger partial charge >= 0.3 is 18.2 Å². The van der Waals surface area contributed by atoms with Crippen LogP contribution in [0.1, 0.15) is 71.3 Å². The van der Waals surface area contributed by atoms with Gasteiger partial charge in [-0.1, -0.05) is 35.2 Å². The van der Waals surface area contributed by atoms with Crippen LogP contribution in [-0.4, -0.2) is 94.3 Å². The number of carboxylic acids is 1. The van der Waals surface area contributed by atoms with Crippen molar-refractivity contribution in [1.29, 1.82) is 0 Å². The van der Waals surface area contributed by atoms with E-state index in [1.54, 1.807) is 50.5 Å². The zero-order valence-corrected chi connectivity index (χ0v) is 28.5. The van der Waals surface area contributed by atoms with Gasteiger partial charge in [0.1, 0.15) is 30.3 Å². The van der Waals surface area contributed by atoms with Crippen molar-refractivity contribution in [3.63, 3.8) is 0 Å². The van der Waals surface area contributed by atoms with Crippen LogP contribution >= 0.6 is 11.6 Å². The van der Waals surface area contributed by atoms with Crippen molar-refractivity contribution in [3.8, 4) is 0 Å². The third kappa shape index (κ3) is 15.3. The van der Waals surface area contributed by atoms with E-state index in [1.165, 1.54) is 4.90 Å². The van der Waals surface area contributed by atoms with Gasteiger partial charge in [0.05, 0.1) is 0 Å². The van der Waals surface area contributed by atoms with Crippen molar-refractivity contribution in [1.82, 2.24) is 26.3 Å². The molecule has 7 N–H and O–H groups in total. The predicted molar refractivity (Wildman–Crippen MR) is 177 cm³/mol. The Kier molecular flexibility index (Phi) is 16.3. The van der Waals surface area contributed by atoms with E-state index in [0.717, 1.165) is 0 Å². The third-order valence-electron chi connectivity index (χ3n) is 7.09. The van der Waals surface area contributed by atoms with Gasteiger partial charge in [0, 0.05) is 30.2 Å². The van der Waals surface area contributed by atoms with Crippen LogP contribution in [0, 0.1) is 10.1 Å². The van der Waals surface area contributed by atoms with Crippen molar-refractivity contribution in [2.45, 2.75) is 96.1 Å². The van der Waals surface area contributed by atoms with E-state index in [4.69, 9.17) is 26.8 Å². The summed E-state index contributed by atoms with van der Waals surface area (Å²) in [7, 11) is 0. The minimum Gasteiger partial charge on any atom is -0.480 e. The number of aliphatic imine (C=N–C) groups is 1. The molecule has 272 valence electrons. The molecule has 0 aliphatic carbocycles. The molecule has 1 aromatic rings. The first-order chi connectivity index (χ1) is 23.1. The smallest absolute Gasteiger partial charge is 0.408 e. The monoisotopic (exact) mass is 712 g/mol. The number of carboxylic acid groups (broad SMARTS) is 1. The molecule has 1 aliphatic rings. The first-order valence-electron chi connectivity index (χ1n) is 15.8. The van der Waals surface area contributed by atoms with Crippen molar-refractivity contribution in [2.24, 2.45) is 10.7 Å². The minimum absolute atomic E-state index is 0.00687. The summed E-state index contributed by atoms with van der Waals surface area (Å²) in [6, 6.07) is 3.59. The van der Waals surface area contributed by atoms with Gasteiger partial charge in [0.25, 0.3) is 5.96 Å². The molecule has 0 bridgehead atoms. The van der Waals surface area contributed by atoms with E-state index < -0.39 is 64.7 Å². The molecule has 1 fully saturated rings. The van der Waals surface area contributed by atoms with Crippen LogP contribution in [0.4, 0.5) is 9.59 Å². The number of hydrogen-bond donors (Lipinski definition) is 6. The Hall–Kier alpha value is -4.87. The maximum Gasteiger partial charge on any atom is 0.408 e. The lowest BCUT2D eigenvalue weighted by Crippen LogP contribution is -2.55. The van der Waals surface area contributed by atoms with E-state index in [1.807, 2.05) is 0 Å². The number of unbranched alkanes of at least 4 members (excludes halogenated alkanes) is 1. The molecule has 1 saturated heterocycles. The zero-order chi connectivity index (χ0) is 36.6. The van der Waals surface area contributed by atoms with Gasteiger partial charge in [0.15, 0.2) is 5.03 Å². The van der Waals surface area contributed by atoms with Crippen molar-refractivity contribution in [3.05, 3.63) is 45.0 Å². The number of benzene rings is 1. The number of nitrogens with zero attached hydrogens (tertiary/aromatic N) is 3. The summed E-state index contributed by atoms with van der Waals surface area (Å²) in [5, 5.41) is 27.3. The summed E-state index contributed by atoms with van der Waals surface area (Å²) < 4.78 is 10.5. The summed E-state index contributed by atoms with van der Waals surface area (Å²) in [6.07, 6.45) is 0.350. The molecule has 3 atom stereocenters. The average Bonchev–Trinajstić information content (AvgIpc) is 3.50. The summed E-state index contributed by atoms with van der Waals surface area (Å²) in [5.74, 6) is -2.97. The molecule has 49 heavy (non-hydrogen) atoms. The zero-order valence-electron chi connectivity index (χ0n) is 27.7. The fourth-order valence-electron chi connectivity index (χ4n) is 4.83. The number of amides is 4. The van der Waals surface area contributed by atoms with E-state index in [9.17, 15) is 39.2 Å². The number of hydrogen-bond acceptors (Lipinski definition) is 10. The summed E-state index contributed by atoms with van der Waals surface area (Å²) in [6.45, 7) is 5.41. The highest BCUT2D eigenvalue weighted by molar-refractivity contribution is 6.31. The van der Waals surface area contributed by atoms with Crippen LogP contribution in [0.5, 0.6) is 0 Å². The van der Waals surface area contributed by atoms with Crippen molar-refractivity contribution in [2.75, 3.05) is 19.6 Å². The Bertz CT molecular complexity index is 1360. The molecule has 0 radical (unpaired) electrons. The normalized spacial score (nSPS) is 15.8. The lowest BCUT2D eigenvalue weighted by Gasteiger charge is -2.30. The number of likely N-dealkylation sites (tertiary alicyclic amines) is 1. The SMILES string of the molecule is CC(C)(C)OC(=O)N[C@@H](CCCCNC(=O)OCc1ccccc1Cl)C(=O)N1CCC[C@H]1C(=O)N[C@@H](CCCN=C(N)N[N+](=O)[O-])C(=O)O. The van der Waals surface area contributed by atoms with Gasteiger partial charge < -0.3 is 41.2 Å². The van der Waals surface area contributed by atoms with Gasteiger partial charge in [-0.3, -0.25) is 9.59 Å². The fraction of sp³-hybridized carbons (Fsp3) is 0.600. The van der Waals surface area contributed by atoms with Crippen LogP contribution < -0.4 is 27.1 Å². The molecule has 19 heteroatoms. The van der Waals surface area contributed by atoms with Crippen molar-refractivity contribution >= 4 is 47.5 Å². The number of rotatable bonds is 17. The van der Waals surface area contributed by atoms with Gasteiger partial charge in [-0.2, -0.15) is 0 Å².